The van der Waals surface area contributed by atoms with E-state index in [-0.39, 0.29) is 92.8 Å². The van der Waals surface area contributed by atoms with Crippen molar-refractivity contribution in [3.63, 3.8) is 0 Å². The number of anilines is 1. The minimum Gasteiger partial charge on any atom is -0.446 e. The van der Waals surface area contributed by atoms with Gasteiger partial charge in [-0.1, -0.05) is 103 Å². The lowest BCUT2D eigenvalue weighted by atomic mass is 9.72. The fourth-order valence-corrected chi connectivity index (χ4v) is 13.9. The zero-order valence-electron chi connectivity index (χ0n) is 57.0. The van der Waals surface area contributed by atoms with Crippen molar-refractivity contribution in [1.29, 1.82) is 0 Å². The fourth-order valence-electron chi connectivity index (χ4n) is 13.9. The molecule has 5 amide bonds. The molecule has 3 heterocycles. The molecule has 1 spiro atoms. The number of ether oxygens (including phenoxy) is 3. The van der Waals surface area contributed by atoms with E-state index in [9.17, 15) is 54.7 Å². The number of fused-ring (bicyclic) bond motifs is 2. The van der Waals surface area contributed by atoms with E-state index >= 15 is 0 Å². The third kappa shape index (κ3) is 21.2. The Balaban J connectivity index is 0.00000477. The zero-order chi connectivity index (χ0) is 69.6. The normalized spacial score (nSPS) is 17.6. The number of unbranched alkanes of at least 4 members (excludes halogenated alkanes) is 2. The summed E-state index contributed by atoms with van der Waals surface area (Å²) in [5.41, 5.74) is 1.30. The number of piperidine rings is 2. The van der Waals surface area contributed by atoms with Crippen molar-refractivity contribution in [3.05, 3.63) is 196 Å². The highest BCUT2D eigenvalue weighted by Crippen LogP contribution is 2.48. The first kappa shape index (κ1) is 81.0. The average molecular weight is 1470 g/mol. The average Bonchev–Trinajstić information content (AvgIpc) is 1.62. The molecule has 1 aliphatic carbocycles. The first-order chi connectivity index (χ1) is 47.0. The van der Waals surface area contributed by atoms with Crippen LogP contribution in [-0.4, -0.2) is 178 Å². The lowest BCUT2D eigenvalue weighted by molar-refractivity contribution is -0.143. The summed E-state index contributed by atoms with van der Waals surface area (Å²) in [6, 6.07) is 39.5. The molecule has 2 N–H and O–H groups in total. The molecule has 0 bridgehead atoms. The van der Waals surface area contributed by atoms with E-state index in [0.717, 1.165) is 91.0 Å². The molecule has 4 aliphatic rings. The molecule has 0 radical (unpaired) electrons. The Morgan fingerprint density at radius 1 is 0.644 bits per heavy atom. The van der Waals surface area contributed by atoms with E-state index in [1.54, 1.807) is 34.9 Å². The number of hydrogen-bond donors (Lipinski definition) is 2. The number of hydrogen-bond acceptors (Lipinski definition) is 11. The van der Waals surface area contributed by atoms with E-state index in [1.807, 2.05) is 92.0 Å². The summed E-state index contributed by atoms with van der Waals surface area (Å²) in [6.07, 6.45) is -3.96. The van der Waals surface area contributed by atoms with E-state index in [0.29, 0.717) is 107 Å². The molecule has 6 aromatic carbocycles. The topological polar surface area (TPSA) is 157 Å². The second-order valence-corrected chi connectivity index (χ2v) is 26.4. The number of likely N-dealkylation sites (tertiary alicyclic amines) is 2. The van der Waals surface area contributed by atoms with Gasteiger partial charge in [0, 0.05) is 102 Å². The number of rotatable bonds is 27. The van der Waals surface area contributed by atoms with Crippen LogP contribution in [-0.2, 0) is 60.1 Å². The molecule has 16 nitrogen and oxygen atoms in total. The van der Waals surface area contributed by atoms with Gasteiger partial charge in [-0.3, -0.25) is 24.5 Å². The van der Waals surface area contributed by atoms with Crippen LogP contribution in [0.3, 0.4) is 0 Å². The second kappa shape index (κ2) is 36.7. The quantitative estimate of drug-likeness (QED) is 0.0374. The molecule has 2 atom stereocenters. The van der Waals surface area contributed by atoms with Crippen LogP contribution in [0.25, 0.3) is 11.1 Å². The summed E-state index contributed by atoms with van der Waals surface area (Å²) in [5.74, 6) is -1.80. The van der Waals surface area contributed by atoms with Gasteiger partial charge in [-0.05, 0) is 154 Å². The van der Waals surface area contributed by atoms with E-state index in [1.165, 1.54) is 24.3 Å². The second-order valence-electron chi connectivity index (χ2n) is 26.4. The molecule has 0 saturated carbocycles. The number of nitrogens with one attached hydrogen (secondary N) is 2. The highest BCUT2D eigenvalue weighted by Gasteiger charge is 2.50. The summed E-state index contributed by atoms with van der Waals surface area (Å²) >= 11 is 0. The number of para-hydroxylation sites is 1. The molecule has 10 rings (SSSR count). The van der Waals surface area contributed by atoms with Crippen molar-refractivity contribution in [3.8, 4) is 11.1 Å². The number of likely N-dealkylation sites (N-methyl/N-ethyl adjacent to an activating group) is 2. The molecule has 0 unspecified atom stereocenters. The van der Waals surface area contributed by atoms with Crippen molar-refractivity contribution in [2.75, 3.05) is 112 Å². The summed E-state index contributed by atoms with van der Waals surface area (Å²) in [7, 11) is 5.32. The van der Waals surface area contributed by atoms with Crippen molar-refractivity contribution in [1.82, 2.24) is 34.7 Å². The Labute approximate surface area is 604 Å². The Morgan fingerprint density at radius 2 is 1.29 bits per heavy atom. The van der Waals surface area contributed by atoms with Crippen LogP contribution in [0.4, 0.5) is 41.2 Å². The van der Waals surface area contributed by atoms with Gasteiger partial charge in [-0.25, -0.2) is 9.18 Å². The molecule has 3 aliphatic heterocycles. The van der Waals surface area contributed by atoms with Gasteiger partial charge in [0.2, 0.25) is 11.8 Å². The van der Waals surface area contributed by atoms with Gasteiger partial charge in [0.1, 0.15) is 30.9 Å². The van der Waals surface area contributed by atoms with Crippen LogP contribution in [0, 0.1) is 5.82 Å². The van der Waals surface area contributed by atoms with Crippen LogP contribution in [0.2, 0.25) is 0 Å². The van der Waals surface area contributed by atoms with E-state index < -0.39 is 64.6 Å². The summed E-state index contributed by atoms with van der Waals surface area (Å²) in [4.78, 5) is 77.6. The van der Waals surface area contributed by atoms with Crippen LogP contribution in [0.15, 0.2) is 146 Å². The first-order valence-corrected chi connectivity index (χ1v) is 33.8. The summed E-state index contributed by atoms with van der Waals surface area (Å²) in [5, 5.41) is 6.40. The van der Waals surface area contributed by atoms with Gasteiger partial charge in [0.05, 0.1) is 29.5 Å². The predicted octanol–water partition coefficient (Wildman–Crippen LogP) is 13.9. The number of carbonyl (C=O) groups excluding carboxylic acids is 5. The molecule has 3 fully saturated rings. The van der Waals surface area contributed by atoms with Gasteiger partial charge in [0.15, 0.2) is 0 Å². The fraction of sp³-hybridized carbons (Fsp3) is 0.453. The highest BCUT2D eigenvalue weighted by molar-refractivity contribution is 5.95. The van der Waals surface area contributed by atoms with Crippen molar-refractivity contribution < 1.29 is 68.9 Å². The zero-order valence-corrected chi connectivity index (χ0v) is 59.5. The van der Waals surface area contributed by atoms with Crippen LogP contribution >= 0.6 is 37.2 Å². The molecule has 26 heteroatoms. The van der Waals surface area contributed by atoms with Crippen LogP contribution in [0.1, 0.15) is 118 Å². The maximum atomic E-state index is 14.3. The maximum Gasteiger partial charge on any atom is 0.416 e. The van der Waals surface area contributed by atoms with Crippen molar-refractivity contribution >= 4 is 72.6 Å². The van der Waals surface area contributed by atoms with Crippen molar-refractivity contribution in [2.45, 2.75) is 113 Å². The van der Waals surface area contributed by atoms with Gasteiger partial charge in [-0.15, -0.1) is 37.2 Å². The lowest BCUT2D eigenvalue weighted by Crippen LogP contribution is -2.50. The van der Waals surface area contributed by atoms with Gasteiger partial charge >= 0.3 is 18.4 Å². The largest absolute Gasteiger partial charge is 0.446 e. The standard InChI is InChI=1S/C75H87F7N8O8.3ClH/c1-85(35-15-36-87(3)69(93)56-20-14-16-53(44-56)49-83-34-13-5-8-24-67(91)86(2)42-43-88-37-29-62(30-38-88)98-71(95)84-65-23-12-10-21-63(65)54-17-6-4-7-18-54)68(92)50-96-66-47-55-19-9-11-22-64(55)72(66)31-39-89(40-32-72)41-33-73(58-25-27-61(76)28-26-58)51-90(52-97-73)70(94)57-45-59(74(77,78)79)48-60(46-57)75(80,81)82;;;/h4,6-7,9-12,14,16-23,25-28,44-46,48,62,66,83H,5,8,13,15,24,29-43,47,49-52H2,1-3H3,(H,84,95);3*1H/t66-,73+;;;/m0.../s1. The lowest BCUT2D eigenvalue weighted by Gasteiger charge is -2.44. The molecular weight excluding hydrogens is 1380 g/mol. The Bertz CT molecular complexity index is 3680. The van der Waals surface area contributed by atoms with Crippen LogP contribution < -0.4 is 10.6 Å². The summed E-state index contributed by atoms with van der Waals surface area (Å²) < 4.78 is 116. The number of halogens is 10. The number of nitrogens with zero attached hydrogens (tertiary/aromatic N) is 6. The van der Waals surface area contributed by atoms with Gasteiger partial charge < -0.3 is 48.9 Å². The third-order valence-corrected chi connectivity index (χ3v) is 19.7. The Morgan fingerprint density at radius 3 is 1.99 bits per heavy atom. The molecular formula is C75H90Cl3F7N8O8. The molecule has 0 aromatic heterocycles. The predicted molar refractivity (Wildman–Crippen MR) is 380 cm³/mol. The van der Waals surface area contributed by atoms with E-state index in [2.05, 4.69) is 32.6 Å². The van der Waals surface area contributed by atoms with Crippen LogP contribution in [0.5, 0.6) is 0 Å². The SMILES string of the molecule is CN(CCN1CCC(OC(=O)Nc2ccccc2-c2ccccc2)CC1)C(=O)CCCCCNCc1cccc(C(=O)N(C)CCCN(C)C(=O)CO[C@H]2Cc3ccccc3C23CCN(CC[C@]2(c4ccc(F)cc4)CN(C(=O)c4cc(C(F)(F)F)cc(C(F)(F)F)c4)CO2)CC3)c1.Cl.Cl.Cl. The third-order valence-electron chi connectivity index (χ3n) is 19.7. The number of amides is 5. The van der Waals surface area contributed by atoms with E-state index in [4.69, 9.17) is 14.2 Å². The van der Waals surface area contributed by atoms with Gasteiger partial charge in [0.25, 0.3) is 11.8 Å². The smallest absolute Gasteiger partial charge is 0.416 e. The Hall–Kier alpha value is -7.35. The molecule has 548 valence electrons. The number of benzene rings is 6. The maximum absolute atomic E-state index is 14.3. The number of carbonyl (C=O) groups is 5. The summed E-state index contributed by atoms with van der Waals surface area (Å²) in [6.45, 7) is 5.96. The number of alkyl halides is 6. The minimum atomic E-state index is -5.15. The first-order valence-electron chi connectivity index (χ1n) is 33.8. The molecule has 101 heavy (non-hydrogen) atoms. The van der Waals surface area contributed by atoms with Gasteiger partial charge in [-0.2, -0.15) is 26.3 Å². The molecule has 6 aromatic rings. The highest BCUT2D eigenvalue weighted by atomic mass is 35.5. The Kier molecular flexibility index (Phi) is 29.4. The minimum absolute atomic E-state index is 0. The van der Waals surface area contributed by atoms with Crippen molar-refractivity contribution in [2.24, 2.45) is 0 Å². The monoisotopic (exact) mass is 1470 g/mol. The molecule has 3 saturated heterocycles.